The zero-order valence-corrected chi connectivity index (χ0v) is 14.3. The van der Waals surface area contributed by atoms with Gasteiger partial charge in [0.25, 0.3) is 11.6 Å². The minimum absolute atomic E-state index is 0.0872. The lowest BCUT2D eigenvalue weighted by Gasteiger charge is -2.11. The van der Waals surface area contributed by atoms with Crippen LogP contribution >= 0.6 is 12.2 Å². The molecule has 2 aromatic carbocycles. The van der Waals surface area contributed by atoms with Crippen LogP contribution in [-0.2, 0) is 0 Å². The highest BCUT2D eigenvalue weighted by Gasteiger charge is 2.12. The first-order valence-electron chi connectivity index (χ1n) is 7.59. The van der Waals surface area contributed by atoms with Gasteiger partial charge in [-0.05, 0) is 36.8 Å². The fraction of sp³-hybridized carbons (Fsp3) is 0.176. The normalized spacial score (nSPS) is 9.96. The number of hydrogen-bond acceptors (Lipinski definition) is 5. The number of hydrogen-bond donors (Lipinski definition) is 2. The van der Waals surface area contributed by atoms with Crippen LogP contribution in [-0.4, -0.2) is 22.5 Å². The molecule has 8 heteroatoms. The van der Waals surface area contributed by atoms with Crippen molar-refractivity contribution in [3.63, 3.8) is 0 Å². The van der Waals surface area contributed by atoms with E-state index in [4.69, 9.17) is 17.0 Å². The third-order valence-corrected chi connectivity index (χ3v) is 3.32. The van der Waals surface area contributed by atoms with Gasteiger partial charge in [0.2, 0.25) is 0 Å². The summed E-state index contributed by atoms with van der Waals surface area (Å²) >= 11 is 5.11. The molecule has 2 rings (SSSR count). The molecule has 0 saturated heterocycles. The number of benzene rings is 2. The van der Waals surface area contributed by atoms with Crippen molar-refractivity contribution in [2.75, 3.05) is 11.9 Å². The maximum absolute atomic E-state index is 12.1. The van der Waals surface area contributed by atoms with Gasteiger partial charge in [0.15, 0.2) is 5.11 Å². The zero-order chi connectivity index (χ0) is 18.2. The van der Waals surface area contributed by atoms with Crippen molar-refractivity contribution in [1.82, 2.24) is 5.32 Å². The van der Waals surface area contributed by atoms with Crippen LogP contribution in [0.15, 0.2) is 48.5 Å². The van der Waals surface area contributed by atoms with Gasteiger partial charge < -0.3 is 10.1 Å². The predicted octanol–water partition coefficient (Wildman–Crippen LogP) is 3.51. The number of carbonyl (C=O) groups excluding carboxylic acids is 1. The summed E-state index contributed by atoms with van der Waals surface area (Å²) in [6.45, 7) is 2.62. The second kappa shape index (κ2) is 8.74. The first kappa shape index (κ1) is 18.3. The molecule has 0 spiro atoms. The molecule has 25 heavy (non-hydrogen) atoms. The highest BCUT2D eigenvalue weighted by Crippen LogP contribution is 2.17. The molecule has 0 atom stereocenters. The average molecular weight is 359 g/mol. The van der Waals surface area contributed by atoms with Crippen LogP contribution in [0.25, 0.3) is 0 Å². The number of thiocarbonyl (C=S) groups is 1. The third kappa shape index (κ3) is 5.54. The van der Waals surface area contributed by atoms with Crippen molar-refractivity contribution in [2.45, 2.75) is 13.3 Å². The highest BCUT2D eigenvalue weighted by molar-refractivity contribution is 7.80. The monoisotopic (exact) mass is 359 g/mol. The van der Waals surface area contributed by atoms with Crippen LogP contribution in [0.3, 0.4) is 0 Å². The van der Waals surface area contributed by atoms with Gasteiger partial charge in [0.05, 0.1) is 11.5 Å². The quantitative estimate of drug-likeness (QED) is 0.466. The Morgan fingerprint density at radius 3 is 2.72 bits per heavy atom. The summed E-state index contributed by atoms with van der Waals surface area (Å²) in [6.07, 6.45) is 0.898. The highest BCUT2D eigenvalue weighted by atomic mass is 32.1. The molecule has 0 aliphatic carbocycles. The van der Waals surface area contributed by atoms with E-state index in [0.717, 1.165) is 6.42 Å². The number of non-ortho nitro benzene ring substituents is 1. The Bertz CT molecular complexity index is 795. The first-order valence-corrected chi connectivity index (χ1v) is 8.00. The van der Waals surface area contributed by atoms with Gasteiger partial charge >= 0.3 is 0 Å². The van der Waals surface area contributed by atoms with Crippen molar-refractivity contribution < 1.29 is 14.5 Å². The Kier molecular flexibility index (Phi) is 6.41. The molecular formula is C17H17N3O4S. The zero-order valence-electron chi connectivity index (χ0n) is 13.5. The summed E-state index contributed by atoms with van der Waals surface area (Å²) in [5.74, 6) is 0.166. The lowest BCUT2D eigenvalue weighted by atomic mass is 10.2. The van der Waals surface area contributed by atoms with E-state index >= 15 is 0 Å². The van der Waals surface area contributed by atoms with E-state index in [0.29, 0.717) is 18.0 Å². The number of nitrogens with one attached hydrogen (secondary N) is 2. The van der Waals surface area contributed by atoms with Crippen LogP contribution < -0.4 is 15.4 Å². The number of nitrogens with zero attached hydrogens (tertiary/aromatic N) is 1. The van der Waals surface area contributed by atoms with Crippen LogP contribution in [0.2, 0.25) is 0 Å². The summed E-state index contributed by atoms with van der Waals surface area (Å²) in [7, 11) is 0. The number of anilines is 1. The number of ether oxygens (including phenoxy) is 1. The molecule has 7 nitrogen and oxygen atoms in total. The van der Waals surface area contributed by atoms with Gasteiger partial charge in [-0.2, -0.15) is 0 Å². The topological polar surface area (TPSA) is 93.5 Å². The molecule has 0 fully saturated rings. The minimum Gasteiger partial charge on any atom is -0.494 e. The van der Waals surface area contributed by atoms with Crippen molar-refractivity contribution >= 4 is 34.6 Å². The van der Waals surface area contributed by atoms with Crippen LogP contribution in [0, 0.1) is 10.1 Å². The molecule has 0 aromatic heterocycles. The summed E-state index contributed by atoms with van der Waals surface area (Å²) in [6, 6.07) is 12.6. The van der Waals surface area contributed by atoms with E-state index in [9.17, 15) is 14.9 Å². The second-order valence-corrected chi connectivity index (χ2v) is 5.50. The molecule has 2 N–H and O–H groups in total. The van der Waals surface area contributed by atoms with E-state index < -0.39 is 10.8 Å². The summed E-state index contributed by atoms with van der Waals surface area (Å²) < 4.78 is 5.53. The Hall–Kier alpha value is -3.00. The number of carbonyl (C=O) groups is 1. The van der Waals surface area contributed by atoms with Crippen molar-refractivity contribution in [2.24, 2.45) is 0 Å². The molecule has 0 aliphatic heterocycles. The van der Waals surface area contributed by atoms with Crippen LogP contribution in [0.5, 0.6) is 5.75 Å². The predicted molar refractivity (Wildman–Crippen MR) is 99.0 cm³/mol. The summed E-state index contributed by atoms with van der Waals surface area (Å²) in [5.41, 5.74) is 0.656. The molecule has 2 aromatic rings. The number of nitro groups is 1. The van der Waals surface area contributed by atoms with Crippen LogP contribution in [0.4, 0.5) is 11.4 Å². The van der Waals surface area contributed by atoms with Crippen molar-refractivity contribution in [1.29, 1.82) is 0 Å². The molecule has 130 valence electrons. The maximum atomic E-state index is 12.1. The maximum Gasteiger partial charge on any atom is 0.270 e. The fourth-order valence-corrected chi connectivity index (χ4v) is 2.19. The average Bonchev–Trinajstić information content (AvgIpc) is 2.60. The number of rotatable bonds is 6. The lowest BCUT2D eigenvalue weighted by molar-refractivity contribution is -0.384. The minimum atomic E-state index is -0.560. The largest absolute Gasteiger partial charge is 0.494 e. The standard InChI is InChI=1S/C17H17N3O4S/c1-2-9-24-15-8-4-6-13(11-15)18-17(25)19-16(21)12-5-3-7-14(10-12)20(22)23/h3-8,10-11H,2,9H2,1H3,(H2,18,19,21,25). The Balaban J connectivity index is 1.99. The smallest absolute Gasteiger partial charge is 0.270 e. The molecule has 0 heterocycles. The molecule has 0 saturated carbocycles. The van der Waals surface area contributed by atoms with Crippen molar-refractivity contribution in [3.8, 4) is 5.75 Å². The van der Waals surface area contributed by atoms with E-state index in [-0.39, 0.29) is 16.4 Å². The molecular weight excluding hydrogens is 342 g/mol. The third-order valence-electron chi connectivity index (χ3n) is 3.11. The molecule has 0 aliphatic rings. The summed E-state index contributed by atoms with van der Waals surface area (Å²) in [5, 5.41) is 16.2. The number of amides is 1. The SMILES string of the molecule is CCCOc1cccc(NC(=S)NC(=O)c2cccc([N+](=O)[O-])c2)c1. The van der Waals surface area contributed by atoms with Gasteiger partial charge in [0.1, 0.15) is 5.75 Å². The Labute approximate surface area is 150 Å². The van der Waals surface area contributed by atoms with Gasteiger partial charge in [-0.25, -0.2) is 0 Å². The van der Waals surface area contributed by atoms with Crippen molar-refractivity contribution in [3.05, 3.63) is 64.2 Å². The van der Waals surface area contributed by atoms with Crippen LogP contribution in [0.1, 0.15) is 23.7 Å². The van der Waals surface area contributed by atoms with E-state index in [1.807, 2.05) is 13.0 Å². The molecule has 1 amide bonds. The van der Waals surface area contributed by atoms with E-state index in [1.54, 1.807) is 18.2 Å². The molecule has 0 radical (unpaired) electrons. The van der Waals surface area contributed by atoms with Gasteiger partial charge in [-0.3, -0.25) is 20.2 Å². The Morgan fingerprint density at radius 1 is 1.24 bits per heavy atom. The fourth-order valence-electron chi connectivity index (χ4n) is 1.98. The van der Waals surface area contributed by atoms with E-state index in [1.165, 1.54) is 24.3 Å². The first-order chi connectivity index (χ1) is 12.0. The second-order valence-electron chi connectivity index (χ2n) is 5.09. The lowest BCUT2D eigenvalue weighted by Crippen LogP contribution is -2.34. The van der Waals surface area contributed by atoms with Gasteiger partial charge in [-0.15, -0.1) is 0 Å². The molecule has 0 bridgehead atoms. The van der Waals surface area contributed by atoms with Gasteiger partial charge in [-0.1, -0.05) is 19.1 Å². The van der Waals surface area contributed by atoms with Gasteiger partial charge in [0, 0.05) is 29.4 Å². The Morgan fingerprint density at radius 2 is 2.00 bits per heavy atom. The summed E-state index contributed by atoms with van der Waals surface area (Å²) in [4.78, 5) is 22.4. The molecule has 0 unspecified atom stereocenters. The number of nitro benzene ring substituents is 1. The van der Waals surface area contributed by atoms with E-state index in [2.05, 4.69) is 10.6 Å².